The zero-order valence-electron chi connectivity index (χ0n) is 12.3. The largest absolute Gasteiger partial charge is 0.390 e. The van der Waals surface area contributed by atoms with Gasteiger partial charge in [0.2, 0.25) is 0 Å². The molecule has 0 amide bonds. The highest BCUT2D eigenvalue weighted by atomic mass is 19.4. The Balaban J connectivity index is 2.41. The van der Waals surface area contributed by atoms with Crippen LogP contribution in [0.4, 0.5) is 13.2 Å². The third kappa shape index (κ3) is 6.61. The summed E-state index contributed by atoms with van der Waals surface area (Å²) in [5.41, 5.74) is 0.100. The molecule has 0 heterocycles. The van der Waals surface area contributed by atoms with E-state index >= 15 is 0 Å². The van der Waals surface area contributed by atoms with E-state index in [1.807, 2.05) is 4.90 Å². The van der Waals surface area contributed by atoms with Crippen LogP contribution in [0.15, 0.2) is 0 Å². The van der Waals surface area contributed by atoms with Crippen molar-refractivity contribution >= 4 is 0 Å². The van der Waals surface area contributed by atoms with E-state index in [1.165, 1.54) is 12.8 Å². The molecule has 1 fully saturated rings. The molecule has 0 atom stereocenters. The van der Waals surface area contributed by atoms with Crippen LogP contribution < -0.4 is 5.32 Å². The monoisotopic (exact) mass is 280 g/mol. The van der Waals surface area contributed by atoms with Crippen LogP contribution in [0.25, 0.3) is 0 Å². The molecule has 114 valence electrons. The topological polar surface area (TPSA) is 15.3 Å². The quantitative estimate of drug-likeness (QED) is 0.696. The zero-order chi connectivity index (χ0) is 14.5. The first-order valence-electron chi connectivity index (χ1n) is 7.29. The Morgan fingerprint density at radius 3 is 2.16 bits per heavy atom. The van der Waals surface area contributed by atoms with Crippen molar-refractivity contribution in [2.24, 2.45) is 5.41 Å². The summed E-state index contributed by atoms with van der Waals surface area (Å²) < 4.78 is 36.7. The standard InChI is InChI=1S/C14H27F3N2/c1-4-13(5-2,10-18-12-6-7-12)11-19(3)9-8-14(15,16)17/h12,18H,4-11H2,1-3H3. The highest BCUT2D eigenvalue weighted by Gasteiger charge is 2.32. The van der Waals surface area contributed by atoms with E-state index in [-0.39, 0.29) is 12.0 Å². The van der Waals surface area contributed by atoms with Gasteiger partial charge in [0.1, 0.15) is 0 Å². The molecule has 5 heteroatoms. The lowest BCUT2D eigenvalue weighted by Gasteiger charge is -2.36. The Hall–Kier alpha value is -0.290. The van der Waals surface area contributed by atoms with Crippen LogP contribution in [0.1, 0.15) is 46.0 Å². The molecule has 0 bridgehead atoms. The van der Waals surface area contributed by atoms with Crippen molar-refractivity contribution in [3.05, 3.63) is 0 Å². The number of alkyl halides is 3. The Labute approximate surface area is 114 Å². The van der Waals surface area contributed by atoms with E-state index in [0.29, 0.717) is 6.04 Å². The average Bonchev–Trinajstić information content (AvgIpc) is 3.15. The summed E-state index contributed by atoms with van der Waals surface area (Å²) in [7, 11) is 1.79. The molecule has 1 aliphatic carbocycles. The van der Waals surface area contributed by atoms with Gasteiger partial charge in [-0.2, -0.15) is 13.2 Å². The first kappa shape index (κ1) is 16.8. The van der Waals surface area contributed by atoms with Gasteiger partial charge in [0.25, 0.3) is 0 Å². The maximum absolute atomic E-state index is 12.2. The Morgan fingerprint density at radius 2 is 1.74 bits per heavy atom. The molecular weight excluding hydrogens is 253 g/mol. The van der Waals surface area contributed by atoms with Crippen LogP contribution in [0.2, 0.25) is 0 Å². The lowest BCUT2D eigenvalue weighted by Crippen LogP contribution is -2.43. The van der Waals surface area contributed by atoms with Crippen molar-refractivity contribution in [3.63, 3.8) is 0 Å². The fraction of sp³-hybridized carbons (Fsp3) is 1.00. The fourth-order valence-electron chi connectivity index (χ4n) is 2.40. The van der Waals surface area contributed by atoms with Gasteiger partial charge in [0, 0.05) is 25.7 Å². The molecule has 1 aliphatic rings. The predicted octanol–water partition coefficient (Wildman–Crippen LogP) is 3.43. The van der Waals surface area contributed by atoms with E-state index in [1.54, 1.807) is 7.05 Å². The molecule has 0 aromatic carbocycles. The minimum Gasteiger partial charge on any atom is -0.313 e. The molecule has 0 unspecified atom stereocenters. The Kier molecular flexibility index (Phi) is 6.12. The molecule has 1 N–H and O–H groups in total. The molecule has 1 saturated carbocycles. The zero-order valence-corrected chi connectivity index (χ0v) is 12.3. The molecule has 0 radical (unpaired) electrons. The van der Waals surface area contributed by atoms with Crippen LogP contribution in [0.3, 0.4) is 0 Å². The predicted molar refractivity (Wildman–Crippen MR) is 72.2 cm³/mol. The SMILES string of the molecule is CCC(CC)(CNC1CC1)CN(C)CCC(F)(F)F. The van der Waals surface area contributed by atoms with Crippen molar-refractivity contribution in [3.8, 4) is 0 Å². The number of nitrogens with zero attached hydrogens (tertiary/aromatic N) is 1. The van der Waals surface area contributed by atoms with Gasteiger partial charge >= 0.3 is 6.18 Å². The van der Waals surface area contributed by atoms with Gasteiger partial charge in [-0.1, -0.05) is 13.8 Å². The second kappa shape index (κ2) is 6.93. The highest BCUT2D eigenvalue weighted by molar-refractivity contribution is 4.88. The summed E-state index contributed by atoms with van der Waals surface area (Å²) in [5.74, 6) is 0. The van der Waals surface area contributed by atoms with Crippen molar-refractivity contribution in [2.75, 3.05) is 26.7 Å². The van der Waals surface area contributed by atoms with Crippen LogP contribution in [0, 0.1) is 5.41 Å². The van der Waals surface area contributed by atoms with Gasteiger partial charge in [0.15, 0.2) is 0 Å². The number of hydrogen-bond donors (Lipinski definition) is 1. The van der Waals surface area contributed by atoms with Crippen LogP contribution in [-0.4, -0.2) is 43.8 Å². The Bertz CT molecular complexity index is 258. The van der Waals surface area contributed by atoms with Crippen molar-refractivity contribution in [2.45, 2.75) is 58.2 Å². The lowest BCUT2D eigenvalue weighted by molar-refractivity contribution is -0.138. The molecule has 0 aromatic heterocycles. The van der Waals surface area contributed by atoms with Gasteiger partial charge < -0.3 is 10.2 Å². The van der Waals surface area contributed by atoms with Gasteiger partial charge in [-0.3, -0.25) is 0 Å². The van der Waals surface area contributed by atoms with Crippen molar-refractivity contribution < 1.29 is 13.2 Å². The van der Waals surface area contributed by atoms with Crippen LogP contribution in [0.5, 0.6) is 0 Å². The Morgan fingerprint density at radius 1 is 1.16 bits per heavy atom. The van der Waals surface area contributed by atoms with E-state index < -0.39 is 12.6 Å². The first-order valence-corrected chi connectivity index (χ1v) is 7.29. The summed E-state index contributed by atoms with van der Waals surface area (Å²) in [5, 5.41) is 3.53. The first-order chi connectivity index (χ1) is 8.80. The normalized spacial score (nSPS) is 17.2. The maximum Gasteiger partial charge on any atom is 0.390 e. The number of nitrogens with one attached hydrogen (secondary N) is 1. The van der Waals surface area contributed by atoms with Crippen LogP contribution >= 0.6 is 0 Å². The second-order valence-electron chi connectivity index (χ2n) is 5.97. The smallest absolute Gasteiger partial charge is 0.313 e. The van der Waals surface area contributed by atoms with E-state index in [4.69, 9.17) is 0 Å². The maximum atomic E-state index is 12.2. The number of halogens is 3. The minimum atomic E-state index is -4.05. The summed E-state index contributed by atoms with van der Waals surface area (Å²) >= 11 is 0. The van der Waals surface area contributed by atoms with E-state index in [9.17, 15) is 13.2 Å². The summed E-state index contributed by atoms with van der Waals surface area (Å²) in [4.78, 5) is 1.83. The summed E-state index contributed by atoms with van der Waals surface area (Å²) in [6.45, 7) is 6.01. The second-order valence-corrected chi connectivity index (χ2v) is 5.97. The molecule has 2 nitrogen and oxygen atoms in total. The van der Waals surface area contributed by atoms with E-state index in [2.05, 4.69) is 19.2 Å². The third-order valence-corrected chi connectivity index (χ3v) is 4.23. The average molecular weight is 280 g/mol. The van der Waals surface area contributed by atoms with Gasteiger partial charge in [0.05, 0.1) is 6.42 Å². The summed E-state index contributed by atoms with van der Waals surface area (Å²) in [6, 6.07) is 0.651. The number of rotatable bonds is 9. The summed E-state index contributed by atoms with van der Waals surface area (Å²) in [6.07, 6.45) is -0.287. The molecule has 0 saturated heterocycles. The molecule has 0 spiro atoms. The molecule has 19 heavy (non-hydrogen) atoms. The highest BCUT2D eigenvalue weighted by Crippen LogP contribution is 2.29. The van der Waals surface area contributed by atoms with Crippen LogP contribution in [-0.2, 0) is 0 Å². The van der Waals surface area contributed by atoms with Gasteiger partial charge in [-0.25, -0.2) is 0 Å². The number of hydrogen-bond acceptors (Lipinski definition) is 2. The van der Waals surface area contributed by atoms with E-state index in [0.717, 1.165) is 25.9 Å². The lowest BCUT2D eigenvalue weighted by atomic mass is 9.81. The van der Waals surface area contributed by atoms with Gasteiger partial charge in [-0.05, 0) is 38.1 Å². The van der Waals surface area contributed by atoms with Gasteiger partial charge in [-0.15, -0.1) is 0 Å². The van der Waals surface area contributed by atoms with Crippen molar-refractivity contribution in [1.29, 1.82) is 0 Å². The molecular formula is C14H27F3N2. The fourth-order valence-corrected chi connectivity index (χ4v) is 2.40. The third-order valence-electron chi connectivity index (χ3n) is 4.23. The minimum absolute atomic E-state index is 0.0919. The molecule has 1 rings (SSSR count). The van der Waals surface area contributed by atoms with Crippen molar-refractivity contribution in [1.82, 2.24) is 10.2 Å². The molecule has 0 aliphatic heterocycles. The molecule has 0 aromatic rings.